The molecule has 0 bridgehead atoms. The van der Waals surface area contributed by atoms with Crippen LogP contribution in [-0.4, -0.2) is 56.1 Å². The first-order valence-electron chi connectivity index (χ1n) is 9.57. The van der Waals surface area contributed by atoms with Crippen molar-refractivity contribution >= 4 is 23.2 Å². The second kappa shape index (κ2) is 8.54. The van der Waals surface area contributed by atoms with Crippen LogP contribution in [0, 0.1) is 11.8 Å². The van der Waals surface area contributed by atoms with Gasteiger partial charge in [-0.05, 0) is 37.1 Å². The average molecular weight is 359 g/mol. The molecule has 26 heavy (non-hydrogen) atoms. The average Bonchev–Trinajstić information content (AvgIpc) is 2.68. The van der Waals surface area contributed by atoms with E-state index in [2.05, 4.69) is 10.2 Å². The van der Waals surface area contributed by atoms with Gasteiger partial charge in [0.05, 0.1) is 19.1 Å². The van der Waals surface area contributed by atoms with Crippen LogP contribution in [0.15, 0.2) is 24.3 Å². The molecule has 2 heterocycles. The van der Waals surface area contributed by atoms with Crippen molar-refractivity contribution in [2.75, 3.05) is 49.6 Å². The lowest BCUT2D eigenvalue weighted by atomic mass is 9.96. The summed E-state index contributed by atoms with van der Waals surface area (Å²) in [7, 11) is 0. The molecule has 1 atom stereocenters. The van der Waals surface area contributed by atoms with E-state index in [-0.39, 0.29) is 23.7 Å². The largest absolute Gasteiger partial charge is 0.378 e. The molecular formula is C20H29N3O3. The van der Waals surface area contributed by atoms with Crippen LogP contribution >= 0.6 is 0 Å². The maximum atomic E-state index is 12.6. The minimum atomic E-state index is -0.134. The molecule has 2 aliphatic heterocycles. The summed E-state index contributed by atoms with van der Waals surface area (Å²) in [5, 5.41) is 3.01. The summed E-state index contributed by atoms with van der Waals surface area (Å²) in [6.45, 7) is 8.40. The molecule has 2 aliphatic rings. The van der Waals surface area contributed by atoms with Crippen molar-refractivity contribution in [3.05, 3.63) is 24.3 Å². The van der Waals surface area contributed by atoms with Gasteiger partial charge in [-0.2, -0.15) is 0 Å². The number of carbonyl (C=O) groups excluding carboxylic acids is 2. The highest BCUT2D eigenvalue weighted by atomic mass is 16.5. The third-order valence-electron chi connectivity index (χ3n) is 5.11. The van der Waals surface area contributed by atoms with E-state index in [1.165, 1.54) is 0 Å². The SMILES string of the molecule is CC(C)C(=O)N1CCC[C@H](C(=O)Nc2ccc(N3CCOCC3)cc2)C1. The van der Waals surface area contributed by atoms with Gasteiger partial charge in [0.25, 0.3) is 0 Å². The molecule has 1 aromatic rings. The van der Waals surface area contributed by atoms with Crippen molar-refractivity contribution in [1.82, 2.24) is 4.90 Å². The first-order valence-corrected chi connectivity index (χ1v) is 9.57. The lowest BCUT2D eigenvalue weighted by molar-refractivity contribution is -0.137. The van der Waals surface area contributed by atoms with E-state index >= 15 is 0 Å². The number of benzene rings is 1. The van der Waals surface area contributed by atoms with E-state index in [9.17, 15) is 9.59 Å². The van der Waals surface area contributed by atoms with E-state index in [1.54, 1.807) is 0 Å². The highest BCUT2D eigenvalue weighted by Gasteiger charge is 2.29. The number of piperidine rings is 1. The number of morpholine rings is 1. The Bertz CT molecular complexity index is 624. The molecule has 0 aliphatic carbocycles. The zero-order valence-corrected chi connectivity index (χ0v) is 15.7. The van der Waals surface area contributed by atoms with E-state index in [4.69, 9.17) is 4.74 Å². The lowest BCUT2D eigenvalue weighted by Crippen LogP contribution is -2.45. The summed E-state index contributed by atoms with van der Waals surface area (Å²) >= 11 is 0. The minimum Gasteiger partial charge on any atom is -0.378 e. The Labute approximate surface area is 155 Å². The molecule has 1 N–H and O–H groups in total. The number of anilines is 2. The Hall–Kier alpha value is -2.08. The molecule has 0 saturated carbocycles. The molecule has 3 rings (SSSR count). The van der Waals surface area contributed by atoms with Crippen molar-refractivity contribution in [2.45, 2.75) is 26.7 Å². The van der Waals surface area contributed by atoms with Crippen LogP contribution in [0.2, 0.25) is 0 Å². The topological polar surface area (TPSA) is 61.9 Å². The maximum Gasteiger partial charge on any atom is 0.229 e. The molecule has 2 amide bonds. The summed E-state index contributed by atoms with van der Waals surface area (Å²) in [4.78, 5) is 28.9. The van der Waals surface area contributed by atoms with Gasteiger partial charge < -0.3 is 19.9 Å². The quantitative estimate of drug-likeness (QED) is 0.896. The fraction of sp³-hybridized carbons (Fsp3) is 0.600. The normalized spacial score (nSPS) is 21.0. The molecule has 0 radical (unpaired) electrons. The number of amides is 2. The van der Waals surface area contributed by atoms with Crippen LogP contribution in [0.4, 0.5) is 11.4 Å². The van der Waals surface area contributed by atoms with Gasteiger partial charge >= 0.3 is 0 Å². The van der Waals surface area contributed by atoms with Gasteiger partial charge in [-0.3, -0.25) is 9.59 Å². The summed E-state index contributed by atoms with van der Waals surface area (Å²) < 4.78 is 5.38. The van der Waals surface area contributed by atoms with Gasteiger partial charge in [-0.25, -0.2) is 0 Å². The molecule has 6 nitrogen and oxygen atoms in total. The first-order chi connectivity index (χ1) is 12.5. The Balaban J connectivity index is 1.56. The minimum absolute atomic E-state index is 0.00498. The van der Waals surface area contributed by atoms with Crippen LogP contribution in [0.25, 0.3) is 0 Å². The van der Waals surface area contributed by atoms with Gasteiger partial charge in [-0.15, -0.1) is 0 Å². The monoisotopic (exact) mass is 359 g/mol. The van der Waals surface area contributed by atoms with Gasteiger partial charge in [0.15, 0.2) is 0 Å². The van der Waals surface area contributed by atoms with Crippen LogP contribution in [-0.2, 0) is 14.3 Å². The first kappa shape index (κ1) is 18.7. The number of hydrogen-bond acceptors (Lipinski definition) is 4. The molecule has 0 aromatic heterocycles. The summed E-state index contributed by atoms with van der Waals surface area (Å²) in [6.07, 6.45) is 1.71. The summed E-state index contributed by atoms with van der Waals surface area (Å²) in [5.41, 5.74) is 1.96. The molecule has 2 fully saturated rings. The molecule has 0 spiro atoms. The van der Waals surface area contributed by atoms with Crippen LogP contribution in [0.5, 0.6) is 0 Å². The smallest absolute Gasteiger partial charge is 0.229 e. The number of nitrogens with one attached hydrogen (secondary N) is 1. The van der Waals surface area contributed by atoms with Crippen LogP contribution < -0.4 is 10.2 Å². The van der Waals surface area contributed by atoms with E-state index in [0.717, 1.165) is 57.1 Å². The molecule has 142 valence electrons. The number of rotatable bonds is 4. The number of ether oxygens (including phenoxy) is 1. The van der Waals surface area contributed by atoms with Crippen LogP contribution in [0.1, 0.15) is 26.7 Å². The van der Waals surface area contributed by atoms with Crippen molar-refractivity contribution < 1.29 is 14.3 Å². The van der Waals surface area contributed by atoms with Crippen molar-refractivity contribution in [3.8, 4) is 0 Å². The zero-order valence-electron chi connectivity index (χ0n) is 15.7. The fourth-order valence-electron chi connectivity index (χ4n) is 3.58. The summed E-state index contributed by atoms with van der Waals surface area (Å²) in [6, 6.07) is 7.97. The third kappa shape index (κ3) is 4.55. The van der Waals surface area contributed by atoms with Gasteiger partial charge in [0.1, 0.15) is 0 Å². The molecular weight excluding hydrogens is 330 g/mol. The summed E-state index contributed by atoms with van der Waals surface area (Å²) in [5.74, 6) is -0.0161. The third-order valence-corrected chi connectivity index (χ3v) is 5.11. The Morgan fingerprint density at radius 2 is 1.81 bits per heavy atom. The predicted molar refractivity (Wildman–Crippen MR) is 102 cm³/mol. The van der Waals surface area contributed by atoms with Gasteiger partial charge in [0.2, 0.25) is 11.8 Å². The van der Waals surface area contributed by atoms with Crippen molar-refractivity contribution in [3.63, 3.8) is 0 Å². The van der Waals surface area contributed by atoms with E-state index in [0.29, 0.717) is 6.54 Å². The predicted octanol–water partition coefficient (Wildman–Crippen LogP) is 2.36. The maximum absolute atomic E-state index is 12.6. The number of carbonyl (C=O) groups is 2. The van der Waals surface area contributed by atoms with E-state index < -0.39 is 0 Å². The molecule has 6 heteroatoms. The number of nitrogens with zero attached hydrogens (tertiary/aromatic N) is 2. The van der Waals surface area contributed by atoms with Gasteiger partial charge in [-0.1, -0.05) is 13.8 Å². The second-order valence-corrected chi connectivity index (χ2v) is 7.41. The van der Waals surface area contributed by atoms with Crippen molar-refractivity contribution in [1.29, 1.82) is 0 Å². The fourth-order valence-corrected chi connectivity index (χ4v) is 3.58. The number of likely N-dealkylation sites (tertiary alicyclic amines) is 1. The Morgan fingerprint density at radius 1 is 1.12 bits per heavy atom. The van der Waals surface area contributed by atoms with Crippen LogP contribution in [0.3, 0.4) is 0 Å². The zero-order chi connectivity index (χ0) is 18.5. The Morgan fingerprint density at radius 3 is 2.46 bits per heavy atom. The van der Waals surface area contributed by atoms with E-state index in [1.807, 2.05) is 43.0 Å². The highest BCUT2D eigenvalue weighted by molar-refractivity contribution is 5.93. The second-order valence-electron chi connectivity index (χ2n) is 7.41. The molecule has 2 saturated heterocycles. The number of hydrogen-bond donors (Lipinski definition) is 1. The molecule has 0 unspecified atom stereocenters. The molecule has 1 aromatic carbocycles. The van der Waals surface area contributed by atoms with Gasteiger partial charge in [0, 0.05) is 43.5 Å². The van der Waals surface area contributed by atoms with Crippen molar-refractivity contribution in [2.24, 2.45) is 11.8 Å². The lowest BCUT2D eigenvalue weighted by Gasteiger charge is -2.33. The highest BCUT2D eigenvalue weighted by Crippen LogP contribution is 2.22. The Kier molecular flexibility index (Phi) is 6.14. The standard InChI is InChI=1S/C20H29N3O3/c1-15(2)20(25)23-9-3-4-16(14-23)19(24)21-17-5-7-18(8-6-17)22-10-12-26-13-11-22/h5-8,15-16H,3-4,9-14H2,1-2H3,(H,21,24)/t16-/m0/s1.